The molecule has 0 saturated carbocycles. The van der Waals surface area contributed by atoms with E-state index in [1.165, 1.54) is 23.5 Å². The third kappa shape index (κ3) is 7.53. The van der Waals surface area contributed by atoms with Crippen LogP contribution in [0.2, 0.25) is 0 Å². The Kier molecular flexibility index (Phi) is 11.5. The average molecular weight is 562 g/mol. The van der Waals surface area contributed by atoms with Gasteiger partial charge in [0.05, 0.1) is 28.3 Å². The Bertz CT molecular complexity index is 1350. The number of thiazole rings is 1. The number of carbonyl (C=O) groups excluding carboxylic acids is 1. The molecule has 0 unspecified atom stereocenters. The van der Waals surface area contributed by atoms with E-state index >= 15 is 0 Å². The minimum Gasteiger partial charge on any atom is -0.494 e. The van der Waals surface area contributed by atoms with E-state index < -0.39 is 15.9 Å². The Morgan fingerprint density at radius 3 is 2.26 bits per heavy atom. The smallest absolute Gasteiger partial charge is 0.279 e. The van der Waals surface area contributed by atoms with Gasteiger partial charge in [0.1, 0.15) is 5.75 Å². The van der Waals surface area contributed by atoms with Gasteiger partial charge in [-0.25, -0.2) is 8.42 Å². The fourth-order valence-corrected chi connectivity index (χ4v) is 6.60. The third-order valence-corrected chi connectivity index (χ3v) is 9.04. The predicted octanol–water partition coefficient (Wildman–Crippen LogP) is 5.47. The first kappa shape index (κ1) is 30.0. The van der Waals surface area contributed by atoms with Gasteiger partial charge in [-0.3, -0.25) is 4.79 Å². The van der Waals surface area contributed by atoms with Gasteiger partial charge in [0.25, 0.3) is 5.91 Å². The average Bonchev–Trinajstić information content (AvgIpc) is 3.25. The summed E-state index contributed by atoms with van der Waals surface area (Å²) in [4.78, 5) is 18.3. The van der Waals surface area contributed by atoms with E-state index in [1.54, 1.807) is 16.4 Å². The number of fused-ring (bicyclic) bond motifs is 1. The maximum absolute atomic E-state index is 13.3. The first-order valence-electron chi connectivity index (χ1n) is 13.4. The van der Waals surface area contributed by atoms with Crippen LogP contribution >= 0.6 is 11.3 Å². The van der Waals surface area contributed by atoms with Crippen molar-refractivity contribution in [1.29, 1.82) is 0 Å². The lowest BCUT2D eigenvalue weighted by Gasteiger charge is -2.22. The van der Waals surface area contributed by atoms with Crippen LogP contribution in [0.1, 0.15) is 63.7 Å². The minimum absolute atomic E-state index is 0.193. The van der Waals surface area contributed by atoms with Gasteiger partial charge in [0.2, 0.25) is 10.0 Å². The number of hydrogen-bond acceptors (Lipinski definition) is 6. The standard InChI is InChI=1S/C28H39N3O5S2/c1-5-9-17-30(18-10-6-2)38(33,34)24-14-11-22(12-15-24)27(32)29-28-31(19-20-35-7-3)25-16-13-23(36-8-4)21-26(25)37-28/h11-16,21H,5-10,17-20H2,1-4H3. The number of nitrogens with zero attached hydrogens (tertiary/aromatic N) is 3. The summed E-state index contributed by atoms with van der Waals surface area (Å²) in [5.74, 6) is 0.337. The van der Waals surface area contributed by atoms with Crippen LogP contribution in [-0.2, 0) is 21.3 Å². The topological polar surface area (TPSA) is 90.2 Å². The Balaban J connectivity index is 1.92. The molecule has 0 aliphatic rings. The number of benzene rings is 2. The molecule has 0 N–H and O–H groups in total. The molecule has 208 valence electrons. The molecule has 3 rings (SSSR count). The van der Waals surface area contributed by atoms with Crippen molar-refractivity contribution in [3.63, 3.8) is 0 Å². The van der Waals surface area contributed by atoms with Crippen molar-refractivity contribution in [1.82, 2.24) is 8.87 Å². The molecule has 2 aromatic carbocycles. The molecular formula is C28H39N3O5S2. The number of aromatic nitrogens is 1. The van der Waals surface area contributed by atoms with E-state index in [4.69, 9.17) is 9.47 Å². The SMILES string of the molecule is CCCCN(CCCC)S(=O)(=O)c1ccc(C(=O)N=c2sc3cc(OCC)ccc3n2CCOCC)cc1. The molecule has 8 nitrogen and oxygen atoms in total. The van der Waals surface area contributed by atoms with Gasteiger partial charge in [-0.2, -0.15) is 9.30 Å². The van der Waals surface area contributed by atoms with Crippen molar-refractivity contribution in [3.8, 4) is 5.75 Å². The summed E-state index contributed by atoms with van der Waals surface area (Å²) in [6.07, 6.45) is 3.45. The lowest BCUT2D eigenvalue weighted by Crippen LogP contribution is -2.33. The van der Waals surface area contributed by atoms with E-state index in [9.17, 15) is 13.2 Å². The van der Waals surface area contributed by atoms with Gasteiger partial charge < -0.3 is 14.0 Å². The fourth-order valence-electron chi connectivity index (χ4n) is 4.00. The summed E-state index contributed by atoms with van der Waals surface area (Å²) >= 11 is 1.41. The summed E-state index contributed by atoms with van der Waals surface area (Å²) in [6, 6.07) is 11.9. The van der Waals surface area contributed by atoms with Crippen molar-refractivity contribution < 1.29 is 22.7 Å². The molecule has 38 heavy (non-hydrogen) atoms. The molecule has 0 aliphatic heterocycles. The van der Waals surface area contributed by atoms with Gasteiger partial charge in [-0.05, 0) is 69.2 Å². The number of amides is 1. The number of rotatable bonds is 15. The highest BCUT2D eigenvalue weighted by Gasteiger charge is 2.23. The van der Waals surface area contributed by atoms with Crippen LogP contribution < -0.4 is 9.54 Å². The quantitative estimate of drug-likeness (QED) is 0.230. The van der Waals surface area contributed by atoms with Crippen LogP contribution in [-0.4, -0.2) is 56.1 Å². The predicted molar refractivity (Wildman–Crippen MR) is 152 cm³/mol. The monoisotopic (exact) mass is 561 g/mol. The maximum atomic E-state index is 13.3. The van der Waals surface area contributed by atoms with Crippen molar-refractivity contribution >= 4 is 37.5 Å². The molecule has 1 heterocycles. The van der Waals surface area contributed by atoms with E-state index in [1.807, 2.05) is 50.5 Å². The zero-order valence-electron chi connectivity index (χ0n) is 22.8. The molecule has 0 fully saturated rings. The second-order valence-electron chi connectivity index (χ2n) is 8.85. The number of sulfonamides is 1. The molecule has 3 aromatic rings. The van der Waals surface area contributed by atoms with Crippen LogP contribution in [0, 0.1) is 0 Å². The summed E-state index contributed by atoms with van der Waals surface area (Å²) < 4.78 is 42.2. The third-order valence-electron chi connectivity index (χ3n) is 6.09. The number of hydrogen-bond donors (Lipinski definition) is 0. The Labute approximate surface area is 230 Å². The Hall–Kier alpha value is -2.53. The molecule has 0 saturated heterocycles. The molecule has 1 aromatic heterocycles. The second kappa shape index (κ2) is 14.6. The summed E-state index contributed by atoms with van der Waals surface area (Å²) in [5, 5.41) is 0. The van der Waals surface area contributed by atoms with Gasteiger partial charge in [0.15, 0.2) is 4.80 Å². The number of ether oxygens (including phenoxy) is 2. The van der Waals surface area contributed by atoms with E-state index in [-0.39, 0.29) is 4.90 Å². The summed E-state index contributed by atoms with van der Waals surface area (Å²) in [5.41, 5.74) is 1.28. The summed E-state index contributed by atoms with van der Waals surface area (Å²) in [6.45, 7) is 11.2. The molecule has 0 aliphatic carbocycles. The van der Waals surface area contributed by atoms with Crippen LogP contribution in [0.4, 0.5) is 0 Å². The van der Waals surface area contributed by atoms with E-state index in [2.05, 4.69) is 4.99 Å². The molecule has 0 atom stereocenters. The van der Waals surface area contributed by atoms with Crippen LogP contribution in [0.25, 0.3) is 10.2 Å². The normalized spacial score (nSPS) is 12.5. The van der Waals surface area contributed by atoms with Crippen molar-refractivity contribution in [3.05, 3.63) is 52.8 Å². The van der Waals surface area contributed by atoms with E-state index in [0.717, 1.165) is 41.6 Å². The molecule has 0 bridgehead atoms. The molecule has 0 spiro atoms. The van der Waals surface area contributed by atoms with Crippen molar-refractivity contribution in [2.24, 2.45) is 4.99 Å². The zero-order chi connectivity index (χ0) is 27.5. The van der Waals surface area contributed by atoms with Gasteiger partial charge >= 0.3 is 0 Å². The molecule has 1 amide bonds. The maximum Gasteiger partial charge on any atom is 0.279 e. The van der Waals surface area contributed by atoms with Gasteiger partial charge in [-0.15, -0.1) is 0 Å². The van der Waals surface area contributed by atoms with E-state index in [0.29, 0.717) is 49.8 Å². The highest BCUT2D eigenvalue weighted by atomic mass is 32.2. The zero-order valence-corrected chi connectivity index (χ0v) is 24.4. The highest BCUT2D eigenvalue weighted by Crippen LogP contribution is 2.24. The second-order valence-corrected chi connectivity index (χ2v) is 11.8. The lowest BCUT2D eigenvalue weighted by molar-refractivity contribution is 0.0996. The molecule has 0 radical (unpaired) electrons. The Morgan fingerprint density at radius 2 is 1.66 bits per heavy atom. The largest absolute Gasteiger partial charge is 0.494 e. The van der Waals surface area contributed by atoms with Gasteiger partial charge in [0, 0.05) is 31.8 Å². The first-order chi connectivity index (χ1) is 18.3. The Morgan fingerprint density at radius 1 is 0.974 bits per heavy atom. The van der Waals surface area contributed by atoms with Gasteiger partial charge in [-0.1, -0.05) is 38.0 Å². The van der Waals surface area contributed by atoms with Crippen LogP contribution in [0.15, 0.2) is 52.4 Å². The van der Waals surface area contributed by atoms with Crippen LogP contribution in [0.3, 0.4) is 0 Å². The molecular weight excluding hydrogens is 522 g/mol. The number of carbonyl (C=O) groups is 1. The number of unbranched alkanes of at least 4 members (excludes halogenated alkanes) is 2. The summed E-state index contributed by atoms with van der Waals surface area (Å²) in [7, 11) is -3.63. The molecule has 10 heteroatoms. The van der Waals surface area contributed by atoms with Crippen molar-refractivity contribution in [2.75, 3.05) is 32.9 Å². The lowest BCUT2D eigenvalue weighted by atomic mass is 10.2. The fraction of sp³-hybridized carbons (Fsp3) is 0.500. The minimum atomic E-state index is -3.63. The van der Waals surface area contributed by atoms with Crippen LogP contribution in [0.5, 0.6) is 5.75 Å². The van der Waals surface area contributed by atoms with Crippen molar-refractivity contribution in [2.45, 2.75) is 64.8 Å². The highest BCUT2D eigenvalue weighted by molar-refractivity contribution is 7.89. The first-order valence-corrected chi connectivity index (χ1v) is 15.6.